The number of halogens is 2. The van der Waals surface area contributed by atoms with E-state index >= 15 is 4.39 Å². The van der Waals surface area contributed by atoms with Crippen LogP contribution in [-0.2, 0) is 0 Å². The molecule has 0 amide bonds. The third-order valence-electron chi connectivity index (χ3n) is 5.99. The quantitative estimate of drug-likeness (QED) is 0.860. The highest BCUT2D eigenvalue weighted by atomic mass is 19.1. The minimum Gasteiger partial charge on any atom is -0.477 e. The van der Waals surface area contributed by atoms with Crippen LogP contribution in [-0.4, -0.2) is 34.8 Å². The summed E-state index contributed by atoms with van der Waals surface area (Å²) in [6, 6.07) is 0.733. The first-order chi connectivity index (χ1) is 12.8. The lowest BCUT2D eigenvalue weighted by molar-refractivity contribution is 0.0695. The summed E-state index contributed by atoms with van der Waals surface area (Å²) in [6.07, 6.45) is 5.09. The van der Waals surface area contributed by atoms with E-state index in [0.717, 1.165) is 36.1 Å². The topological polar surface area (TPSA) is 88.6 Å². The maximum Gasteiger partial charge on any atom is 0.341 e. The van der Waals surface area contributed by atoms with Crippen molar-refractivity contribution in [2.45, 2.75) is 25.3 Å². The van der Waals surface area contributed by atoms with Gasteiger partial charge in [0.25, 0.3) is 0 Å². The molecule has 8 heteroatoms. The Morgan fingerprint density at radius 2 is 2.11 bits per heavy atom. The SMILES string of the molecule is C=Cn1cc(C(=O)O)c(=O)c2cc(F)c(N3CC(N)C4(CCC4)C3)c(F)c21. The molecule has 1 aromatic carbocycles. The van der Waals surface area contributed by atoms with Crippen molar-refractivity contribution < 1.29 is 18.7 Å². The minimum atomic E-state index is -1.47. The van der Waals surface area contributed by atoms with Crippen molar-refractivity contribution in [1.29, 1.82) is 0 Å². The summed E-state index contributed by atoms with van der Waals surface area (Å²) in [4.78, 5) is 25.3. The molecule has 1 aliphatic heterocycles. The average molecular weight is 375 g/mol. The van der Waals surface area contributed by atoms with Gasteiger partial charge in [0.15, 0.2) is 5.82 Å². The molecule has 4 rings (SSSR count). The first-order valence-corrected chi connectivity index (χ1v) is 8.72. The highest BCUT2D eigenvalue weighted by Gasteiger charge is 2.49. The largest absolute Gasteiger partial charge is 0.477 e. The standard InChI is InChI=1S/C19H19F2N3O3/c1-2-23-7-11(18(26)27)17(25)10-6-12(20)16(14(21)15(10)23)24-8-13(22)19(9-24)4-3-5-19/h2,6-7,13H,1,3-5,8-9,22H2,(H,26,27). The Labute approximate surface area is 153 Å². The zero-order chi connectivity index (χ0) is 19.5. The summed E-state index contributed by atoms with van der Waals surface area (Å²) in [5.41, 5.74) is 4.17. The number of nitrogens with two attached hydrogens (primary N) is 1. The van der Waals surface area contributed by atoms with E-state index in [-0.39, 0.29) is 28.0 Å². The molecule has 0 bridgehead atoms. The maximum atomic E-state index is 15.4. The average Bonchev–Trinajstić information content (AvgIpc) is 2.92. The van der Waals surface area contributed by atoms with Crippen molar-refractivity contribution in [1.82, 2.24) is 4.57 Å². The second kappa shape index (κ2) is 5.88. The third-order valence-corrected chi connectivity index (χ3v) is 5.99. The van der Waals surface area contributed by atoms with Gasteiger partial charge in [0.05, 0.1) is 10.9 Å². The van der Waals surface area contributed by atoms with E-state index in [1.54, 1.807) is 4.90 Å². The van der Waals surface area contributed by atoms with E-state index in [0.29, 0.717) is 13.1 Å². The number of benzene rings is 1. The van der Waals surface area contributed by atoms with Gasteiger partial charge in [-0.3, -0.25) is 4.79 Å². The number of pyridine rings is 1. The molecule has 3 N–H and O–H groups in total. The van der Waals surface area contributed by atoms with Crippen LogP contribution < -0.4 is 16.1 Å². The van der Waals surface area contributed by atoms with Crippen LogP contribution in [0.4, 0.5) is 14.5 Å². The summed E-state index contributed by atoms with van der Waals surface area (Å²) >= 11 is 0. The van der Waals surface area contributed by atoms with Gasteiger partial charge < -0.3 is 20.3 Å². The van der Waals surface area contributed by atoms with Crippen molar-refractivity contribution in [2.75, 3.05) is 18.0 Å². The van der Waals surface area contributed by atoms with Crippen molar-refractivity contribution >= 4 is 28.8 Å². The number of anilines is 1. The van der Waals surface area contributed by atoms with Gasteiger partial charge in [0.2, 0.25) is 5.43 Å². The van der Waals surface area contributed by atoms with Crippen LogP contribution in [0.1, 0.15) is 29.6 Å². The van der Waals surface area contributed by atoms with Gasteiger partial charge in [-0.1, -0.05) is 13.0 Å². The van der Waals surface area contributed by atoms with Crippen LogP contribution in [0.3, 0.4) is 0 Å². The molecule has 6 nitrogen and oxygen atoms in total. The normalized spacial score (nSPS) is 20.9. The molecule has 1 saturated carbocycles. The van der Waals surface area contributed by atoms with Crippen LogP contribution in [0.2, 0.25) is 0 Å². The fourth-order valence-corrected chi connectivity index (χ4v) is 4.34. The number of hydrogen-bond acceptors (Lipinski definition) is 4. The number of carbonyl (C=O) groups is 1. The van der Waals surface area contributed by atoms with Crippen molar-refractivity contribution in [2.24, 2.45) is 11.1 Å². The van der Waals surface area contributed by atoms with Crippen molar-refractivity contribution in [3.63, 3.8) is 0 Å². The summed E-state index contributed by atoms with van der Waals surface area (Å²) in [7, 11) is 0. The highest BCUT2D eigenvalue weighted by molar-refractivity contribution is 5.94. The lowest BCUT2D eigenvalue weighted by Crippen LogP contribution is -2.45. The number of nitrogens with zero attached hydrogens (tertiary/aromatic N) is 2. The molecule has 2 aliphatic rings. The van der Waals surface area contributed by atoms with Crippen molar-refractivity contribution in [3.8, 4) is 0 Å². The Bertz CT molecular complexity index is 1040. The van der Waals surface area contributed by atoms with Gasteiger partial charge in [0, 0.05) is 36.9 Å². The lowest BCUT2D eigenvalue weighted by atomic mass is 9.66. The number of aromatic carboxylic acids is 1. The Hall–Kier alpha value is -2.74. The van der Waals surface area contributed by atoms with Gasteiger partial charge in [-0.15, -0.1) is 0 Å². The zero-order valence-electron chi connectivity index (χ0n) is 14.5. The Morgan fingerprint density at radius 1 is 1.41 bits per heavy atom. The summed E-state index contributed by atoms with van der Waals surface area (Å²) < 4.78 is 31.3. The molecule has 2 aromatic rings. The van der Waals surface area contributed by atoms with Crippen molar-refractivity contribution in [3.05, 3.63) is 46.3 Å². The van der Waals surface area contributed by atoms with Crippen LogP contribution in [0.15, 0.2) is 23.6 Å². The van der Waals surface area contributed by atoms with Gasteiger partial charge in [0.1, 0.15) is 17.1 Å². The fourth-order valence-electron chi connectivity index (χ4n) is 4.34. The van der Waals surface area contributed by atoms with Crippen LogP contribution in [0, 0.1) is 17.0 Å². The number of fused-ring (bicyclic) bond motifs is 1. The first-order valence-electron chi connectivity index (χ1n) is 8.72. The Balaban J connectivity index is 1.94. The van der Waals surface area contributed by atoms with E-state index in [9.17, 15) is 19.1 Å². The molecule has 1 atom stereocenters. The third kappa shape index (κ3) is 2.39. The predicted octanol–water partition coefficient (Wildman–Crippen LogP) is 2.40. The van der Waals surface area contributed by atoms with Gasteiger partial charge in [-0.2, -0.15) is 0 Å². The van der Waals surface area contributed by atoms with Gasteiger partial charge in [-0.05, 0) is 18.9 Å². The molecule has 1 aliphatic carbocycles. The molecule has 2 heterocycles. The number of aromatic nitrogens is 1. The van der Waals surface area contributed by atoms with Gasteiger partial charge in [-0.25, -0.2) is 13.6 Å². The number of carboxylic acid groups (broad SMARTS) is 1. The van der Waals surface area contributed by atoms with Crippen LogP contribution in [0.5, 0.6) is 0 Å². The fraction of sp³-hybridized carbons (Fsp3) is 0.368. The van der Waals surface area contributed by atoms with E-state index in [1.165, 1.54) is 6.20 Å². The first kappa shape index (κ1) is 17.7. The lowest BCUT2D eigenvalue weighted by Gasteiger charge is -2.41. The second-order valence-corrected chi connectivity index (χ2v) is 7.39. The smallest absolute Gasteiger partial charge is 0.341 e. The number of carboxylic acids is 1. The monoisotopic (exact) mass is 375 g/mol. The maximum absolute atomic E-state index is 15.4. The van der Waals surface area contributed by atoms with Crippen LogP contribution >= 0.6 is 0 Å². The summed E-state index contributed by atoms with van der Waals surface area (Å²) in [5, 5.41) is 8.84. The molecule has 1 unspecified atom stereocenters. The summed E-state index contributed by atoms with van der Waals surface area (Å²) in [6.45, 7) is 4.32. The van der Waals surface area contributed by atoms with E-state index in [1.807, 2.05) is 0 Å². The highest BCUT2D eigenvalue weighted by Crippen LogP contribution is 2.49. The molecular weight excluding hydrogens is 356 g/mol. The molecular formula is C19H19F2N3O3. The van der Waals surface area contributed by atoms with E-state index in [4.69, 9.17) is 5.73 Å². The Morgan fingerprint density at radius 3 is 2.63 bits per heavy atom. The summed E-state index contributed by atoms with van der Waals surface area (Å²) in [5.74, 6) is -3.29. The molecule has 27 heavy (non-hydrogen) atoms. The number of rotatable bonds is 3. The molecule has 2 fully saturated rings. The molecule has 1 saturated heterocycles. The minimum absolute atomic E-state index is 0.112. The zero-order valence-corrected chi connectivity index (χ0v) is 14.5. The number of hydrogen-bond donors (Lipinski definition) is 2. The predicted molar refractivity (Wildman–Crippen MR) is 97.9 cm³/mol. The molecule has 1 aromatic heterocycles. The molecule has 1 spiro atoms. The van der Waals surface area contributed by atoms with E-state index in [2.05, 4.69) is 6.58 Å². The van der Waals surface area contributed by atoms with E-state index < -0.39 is 28.6 Å². The second-order valence-electron chi connectivity index (χ2n) is 7.39. The molecule has 0 radical (unpaired) electrons. The molecule has 142 valence electrons. The van der Waals surface area contributed by atoms with Crippen LogP contribution in [0.25, 0.3) is 17.1 Å². The van der Waals surface area contributed by atoms with Gasteiger partial charge >= 0.3 is 5.97 Å². The Kier molecular flexibility index (Phi) is 3.85.